The Morgan fingerprint density at radius 2 is 1.83 bits per heavy atom. The Bertz CT molecular complexity index is 754. The Morgan fingerprint density at radius 1 is 1.00 bits per heavy atom. The molecule has 116 valence electrons. The van der Waals surface area contributed by atoms with Crippen LogP contribution in [0.1, 0.15) is 35.2 Å². The largest absolute Gasteiger partial charge is 0.264 e. The maximum absolute atomic E-state index is 6.20. The molecule has 0 amide bonds. The average Bonchev–Trinajstić information content (AvgIpc) is 2.58. The van der Waals surface area contributed by atoms with Gasteiger partial charge >= 0.3 is 0 Å². The van der Waals surface area contributed by atoms with Gasteiger partial charge in [0, 0.05) is 35.7 Å². The molecule has 0 spiro atoms. The number of benzene rings is 1. The van der Waals surface area contributed by atoms with Gasteiger partial charge in [0.25, 0.3) is 0 Å². The van der Waals surface area contributed by atoms with Crippen molar-refractivity contribution in [2.45, 2.75) is 25.7 Å². The zero-order valence-electron chi connectivity index (χ0n) is 13.1. The molecule has 3 aromatic rings. The van der Waals surface area contributed by atoms with Gasteiger partial charge in [-0.1, -0.05) is 48.9 Å². The van der Waals surface area contributed by atoms with Crippen LogP contribution in [0.2, 0.25) is 5.02 Å². The van der Waals surface area contributed by atoms with Gasteiger partial charge in [-0.15, -0.1) is 0 Å². The molecule has 2 aromatic heterocycles. The molecule has 1 aromatic carbocycles. The standard InChI is InChI=1S/C20H19ClN2/c1-15(12-19-4-2-3-10-23-19)17-7-5-16(6-8-17)13-18-14-22-11-9-20(18)21/h2-11,14-15H,12-13H2,1H3. The molecule has 0 saturated carbocycles. The topological polar surface area (TPSA) is 25.8 Å². The van der Waals surface area contributed by atoms with Crippen LogP contribution in [0.4, 0.5) is 0 Å². The summed E-state index contributed by atoms with van der Waals surface area (Å²) in [5.74, 6) is 0.445. The van der Waals surface area contributed by atoms with E-state index in [9.17, 15) is 0 Å². The molecule has 3 rings (SSSR count). The average molecular weight is 323 g/mol. The Balaban J connectivity index is 1.68. The lowest BCUT2D eigenvalue weighted by molar-refractivity contribution is 0.740. The quantitative estimate of drug-likeness (QED) is 0.655. The molecule has 0 aliphatic heterocycles. The highest BCUT2D eigenvalue weighted by Crippen LogP contribution is 2.22. The third-order valence-corrected chi connectivity index (χ3v) is 4.40. The molecule has 23 heavy (non-hydrogen) atoms. The van der Waals surface area contributed by atoms with Crippen molar-refractivity contribution in [3.05, 3.63) is 94.5 Å². The van der Waals surface area contributed by atoms with Crippen molar-refractivity contribution in [3.63, 3.8) is 0 Å². The van der Waals surface area contributed by atoms with Gasteiger partial charge in [0.05, 0.1) is 0 Å². The van der Waals surface area contributed by atoms with Crippen molar-refractivity contribution >= 4 is 11.6 Å². The van der Waals surface area contributed by atoms with Crippen LogP contribution in [0.15, 0.2) is 67.1 Å². The van der Waals surface area contributed by atoms with Crippen LogP contribution >= 0.6 is 11.6 Å². The van der Waals surface area contributed by atoms with Crippen molar-refractivity contribution < 1.29 is 0 Å². The molecule has 0 aliphatic rings. The molecule has 2 heterocycles. The van der Waals surface area contributed by atoms with Gasteiger partial charge in [-0.25, -0.2) is 0 Å². The summed E-state index contributed by atoms with van der Waals surface area (Å²) < 4.78 is 0. The van der Waals surface area contributed by atoms with E-state index in [-0.39, 0.29) is 0 Å². The molecule has 0 saturated heterocycles. The molecular formula is C20H19ClN2. The first-order valence-corrected chi connectivity index (χ1v) is 8.17. The minimum Gasteiger partial charge on any atom is -0.264 e. The highest BCUT2D eigenvalue weighted by atomic mass is 35.5. The molecule has 1 atom stereocenters. The SMILES string of the molecule is CC(Cc1ccccn1)c1ccc(Cc2cnccc2Cl)cc1. The Kier molecular flexibility index (Phi) is 5.04. The second-order valence-electron chi connectivity index (χ2n) is 5.81. The van der Waals surface area contributed by atoms with Crippen LogP contribution in [-0.2, 0) is 12.8 Å². The summed E-state index contributed by atoms with van der Waals surface area (Å²) in [6.45, 7) is 2.24. The number of pyridine rings is 2. The Labute approximate surface area is 142 Å². The predicted molar refractivity (Wildman–Crippen MR) is 94.9 cm³/mol. The maximum Gasteiger partial charge on any atom is 0.0472 e. The summed E-state index contributed by atoms with van der Waals surface area (Å²) in [6.07, 6.45) is 7.16. The molecule has 0 radical (unpaired) electrons. The molecule has 0 bridgehead atoms. The Hall–Kier alpha value is -2.19. The number of rotatable bonds is 5. The van der Waals surface area contributed by atoms with Crippen LogP contribution < -0.4 is 0 Å². The summed E-state index contributed by atoms with van der Waals surface area (Å²) in [5, 5.41) is 0.771. The minimum atomic E-state index is 0.445. The molecule has 0 fully saturated rings. The van der Waals surface area contributed by atoms with E-state index in [0.717, 1.165) is 29.1 Å². The predicted octanol–water partition coefficient (Wildman–Crippen LogP) is 5.07. The fourth-order valence-corrected chi connectivity index (χ4v) is 2.85. The second kappa shape index (κ2) is 7.38. The van der Waals surface area contributed by atoms with Crippen LogP contribution in [0.25, 0.3) is 0 Å². The zero-order valence-corrected chi connectivity index (χ0v) is 13.9. The summed E-state index contributed by atoms with van der Waals surface area (Å²) in [5.41, 5.74) is 4.76. The lowest BCUT2D eigenvalue weighted by Gasteiger charge is -2.12. The van der Waals surface area contributed by atoms with Crippen molar-refractivity contribution in [1.82, 2.24) is 9.97 Å². The minimum absolute atomic E-state index is 0.445. The first-order chi connectivity index (χ1) is 11.2. The molecule has 2 nitrogen and oxygen atoms in total. The van der Waals surface area contributed by atoms with E-state index in [0.29, 0.717) is 5.92 Å². The monoisotopic (exact) mass is 322 g/mol. The summed E-state index contributed by atoms with van der Waals surface area (Å²) in [4.78, 5) is 8.55. The van der Waals surface area contributed by atoms with Gasteiger partial charge in [-0.05, 0) is 47.2 Å². The highest BCUT2D eigenvalue weighted by Gasteiger charge is 2.08. The molecular weight excluding hydrogens is 304 g/mol. The smallest absolute Gasteiger partial charge is 0.0472 e. The van der Waals surface area contributed by atoms with E-state index in [2.05, 4.69) is 47.2 Å². The second-order valence-corrected chi connectivity index (χ2v) is 6.22. The third kappa shape index (κ3) is 4.17. The third-order valence-electron chi connectivity index (χ3n) is 4.03. The molecule has 1 unspecified atom stereocenters. The first-order valence-electron chi connectivity index (χ1n) is 7.79. The summed E-state index contributed by atoms with van der Waals surface area (Å²) in [7, 11) is 0. The van der Waals surface area contributed by atoms with Crippen LogP contribution in [0.5, 0.6) is 0 Å². The number of halogens is 1. The van der Waals surface area contributed by atoms with E-state index in [1.54, 1.807) is 6.20 Å². The number of nitrogens with zero attached hydrogens (tertiary/aromatic N) is 2. The van der Waals surface area contributed by atoms with Gasteiger partial charge in [0.2, 0.25) is 0 Å². The number of aromatic nitrogens is 2. The zero-order chi connectivity index (χ0) is 16.1. The van der Waals surface area contributed by atoms with E-state index in [1.807, 2.05) is 30.6 Å². The number of hydrogen-bond acceptors (Lipinski definition) is 2. The fraction of sp³-hybridized carbons (Fsp3) is 0.200. The van der Waals surface area contributed by atoms with Crippen molar-refractivity contribution in [2.24, 2.45) is 0 Å². The van der Waals surface area contributed by atoms with Gasteiger partial charge in [-0.3, -0.25) is 9.97 Å². The van der Waals surface area contributed by atoms with E-state index in [4.69, 9.17) is 11.6 Å². The van der Waals surface area contributed by atoms with Gasteiger partial charge in [0.1, 0.15) is 0 Å². The lowest BCUT2D eigenvalue weighted by atomic mass is 9.94. The normalized spacial score (nSPS) is 12.1. The van der Waals surface area contributed by atoms with Gasteiger partial charge in [-0.2, -0.15) is 0 Å². The highest BCUT2D eigenvalue weighted by molar-refractivity contribution is 6.31. The van der Waals surface area contributed by atoms with Crippen LogP contribution in [0, 0.1) is 0 Å². The fourth-order valence-electron chi connectivity index (χ4n) is 2.67. The lowest BCUT2D eigenvalue weighted by Crippen LogP contribution is -2.00. The number of hydrogen-bond donors (Lipinski definition) is 0. The van der Waals surface area contributed by atoms with Crippen molar-refractivity contribution in [3.8, 4) is 0 Å². The summed E-state index contributed by atoms with van der Waals surface area (Å²) >= 11 is 6.20. The van der Waals surface area contributed by atoms with E-state index in [1.165, 1.54) is 11.1 Å². The van der Waals surface area contributed by atoms with Crippen molar-refractivity contribution in [2.75, 3.05) is 0 Å². The first kappa shape index (κ1) is 15.7. The summed E-state index contributed by atoms with van der Waals surface area (Å²) in [6, 6.07) is 16.7. The van der Waals surface area contributed by atoms with Gasteiger partial charge < -0.3 is 0 Å². The molecule has 0 aliphatic carbocycles. The van der Waals surface area contributed by atoms with Crippen LogP contribution in [0.3, 0.4) is 0 Å². The van der Waals surface area contributed by atoms with Crippen LogP contribution in [-0.4, -0.2) is 9.97 Å². The van der Waals surface area contributed by atoms with E-state index < -0.39 is 0 Å². The maximum atomic E-state index is 6.20. The molecule has 0 N–H and O–H groups in total. The van der Waals surface area contributed by atoms with E-state index >= 15 is 0 Å². The van der Waals surface area contributed by atoms with Gasteiger partial charge in [0.15, 0.2) is 0 Å². The van der Waals surface area contributed by atoms with Crippen molar-refractivity contribution in [1.29, 1.82) is 0 Å². The Morgan fingerprint density at radius 3 is 2.52 bits per heavy atom. The molecule has 3 heteroatoms.